The van der Waals surface area contributed by atoms with Gasteiger partial charge in [-0.2, -0.15) is 5.26 Å². The molecule has 0 unspecified atom stereocenters. The van der Waals surface area contributed by atoms with Crippen molar-refractivity contribution in [2.24, 2.45) is 0 Å². The summed E-state index contributed by atoms with van der Waals surface area (Å²) in [5.41, 5.74) is 0.326. The molecule has 1 aliphatic heterocycles. The van der Waals surface area contributed by atoms with E-state index in [0.717, 1.165) is 18.5 Å². The zero-order valence-electron chi connectivity index (χ0n) is 16.0. The summed E-state index contributed by atoms with van der Waals surface area (Å²) in [7, 11) is 1.79. The Hall–Kier alpha value is -2.36. The highest BCUT2D eigenvalue weighted by atomic mass is 16.6. The number of ether oxygens (including phenoxy) is 1. The fourth-order valence-electron chi connectivity index (χ4n) is 2.85. The predicted octanol–water partition coefficient (Wildman–Crippen LogP) is 2.88. The fraction of sp³-hybridized carbons (Fsp3) is 0.667. The molecule has 2 heterocycles. The van der Waals surface area contributed by atoms with Gasteiger partial charge in [-0.1, -0.05) is 0 Å². The van der Waals surface area contributed by atoms with Gasteiger partial charge in [0, 0.05) is 31.9 Å². The Morgan fingerprint density at radius 1 is 1.40 bits per heavy atom. The molecule has 1 aromatic rings. The average molecular weight is 345 g/mol. The number of carbonyl (C=O) groups excluding carboxylic acids is 1. The van der Waals surface area contributed by atoms with Crippen LogP contribution < -0.4 is 4.90 Å². The summed E-state index contributed by atoms with van der Waals surface area (Å²) in [6, 6.07) is 2.11. The molecule has 1 saturated heterocycles. The van der Waals surface area contributed by atoms with Crippen LogP contribution in [0.3, 0.4) is 0 Å². The van der Waals surface area contributed by atoms with Gasteiger partial charge >= 0.3 is 6.09 Å². The van der Waals surface area contributed by atoms with E-state index in [1.54, 1.807) is 18.1 Å². The third-order valence-electron chi connectivity index (χ3n) is 4.60. The second-order valence-electron chi connectivity index (χ2n) is 7.82. The van der Waals surface area contributed by atoms with Crippen LogP contribution in [0.2, 0.25) is 0 Å². The normalized spacial score (nSPS) is 16.9. The molecule has 25 heavy (non-hydrogen) atoms. The van der Waals surface area contributed by atoms with Crippen molar-refractivity contribution in [1.29, 1.82) is 5.26 Å². The number of rotatable bonds is 2. The van der Waals surface area contributed by atoms with Crippen molar-refractivity contribution in [3.8, 4) is 6.07 Å². The summed E-state index contributed by atoms with van der Waals surface area (Å²) < 4.78 is 5.49. The average Bonchev–Trinajstić information content (AvgIpc) is 2.53. The van der Waals surface area contributed by atoms with Gasteiger partial charge in [0.05, 0.1) is 5.69 Å². The van der Waals surface area contributed by atoms with Gasteiger partial charge in [0.2, 0.25) is 0 Å². The largest absolute Gasteiger partial charge is 0.444 e. The van der Waals surface area contributed by atoms with Crippen LogP contribution in [0, 0.1) is 18.3 Å². The lowest BCUT2D eigenvalue weighted by molar-refractivity contribution is 0.00345. The molecule has 1 amide bonds. The van der Waals surface area contributed by atoms with E-state index in [4.69, 9.17) is 4.74 Å². The highest BCUT2D eigenvalue weighted by molar-refractivity contribution is 5.69. The zero-order chi connectivity index (χ0) is 18.8. The predicted molar refractivity (Wildman–Crippen MR) is 95.3 cm³/mol. The van der Waals surface area contributed by atoms with Crippen LogP contribution in [-0.2, 0) is 4.74 Å². The van der Waals surface area contributed by atoms with Crippen molar-refractivity contribution in [3.63, 3.8) is 0 Å². The molecule has 2 rings (SSSR count). The molecule has 0 aromatic carbocycles. The topological polar surface area (TPSA) is 82.4 Å². The number of hydrogen-bond acceptors (Lipinski definition) is 6. The van der Waals surface area contributed by atoms with Crippen molar-refractivity contribution < 1.29 is 9.53 Å². The van der Waals surface area contributed by atoms with Crippen LogP contribution in [0.15, 0.2) is 6.20 Å². The summed E-state index contributed by atoms with van der Waals surface area (Å²) in [6.07, 6.45) is 2.83. The molecule has 1 aromatic heterocycles. The first-order valence-corrected chi connectivity index (χ1v) is 8.51. The third kappa shape index (κ3) is 4.38. The summed E-state index contributed by atoms with van der Waals surface area (Å²) in [5.74, 6) is 0.629. The molecule has 7 nitrogen and oxygen atoms in total. The number of aromatic nitrogens is 2. The highest BCUT2D eigenvalue weighted by Gasteiger charge is 2.38. The lowest BCUT2D eigenvalue weighted by atomic mass is 9.88. The SMILES string of the molecule is Cc1cnc(C#N)c(N2CCC(C)(N(C)C(=O)OC(C)(C)C)CC2)n1. The third-order valence-corrected chi connectivity index (χ3v) is 4.60. The van der Waals surface area contributed by atoms with Crippen LogP contribution in [-0.4, -0.2) is 52.2 Å². The fourth-order valence-corrected chi connectivity index (χ4v) is 2.85. The van der Waals surface area contributed by atoms with Crippen LogP contribution in [0.1, 0.15) is 51.9 Å². The van der Waals surface area contributed by atoms with Crippen LogP contribution in [0.25, 0.3) is 0 Å². The maximum atomic E-state index is 12.4. The van der Waals surface area contributed by atoms with Gasteiger partial charge in [0.25, 0.3) is 0 Å². The number of hydrogen-bond donors (Lipinski definition) is 0. The Labute approximate surface area is 149 Å². The van der Waals surface area contributed by atoms with Gasteiger partial charge in [-0.15, -0.1) is 0 Å². The molecule has 0 saturated carbocycles. The first-order chi connectivity index (χ1) is 11.6. The Bertz CT molecular complexity index is 682. The van der Waals surface area contributed by atoms with E-state index in [1.807, 2.05) is 27.7 Å². The van der Waals surface area contributed by atoms with Crippen molar-refractivity contribution in [1.82, 2.24) is 14.9 Å². The van der Waals surface area contributed by atoms with Gasteiger partial charge in [0.15, 0.2) is 11.5 Å². The van der Waals surface area contributed by atoms with Gasteiger partial charge in [-0.3, -0.25) is 0 Å². The molecule has 1 aliphatic rings. The van der Waals surface area contributed by atoms with Crippen molar-refractivity contribution in [3.05, 3.63) is 17.6 Å². The number of amides is 1. The quantitative estimate of drug-likeness (QED) is 0.819. The Balaban J connectivity index is 2.09. The van der Waals surface area contributed by atoms with Gasteiger partial charge in [-0.05, 0) is 47.5 Å². The molecule has 0 N–H and O–H groups in total. The monoisotopic (exact) mass is 345 g/mol. The van der Waals surface area contributed by atoms with E-state index in [0.29, 0.717) is 24.6 Å². The molecule has 136 valence electrons. The molecule has 0 spiro atoms. The standard InChI is InChI=1S/C18H27N5O2/c1-13-12-20-14(11-19)15(21-13)23-9-7-18(5,8-10-23)22(6)16(24)25-17(2,3)4/h12H,7-10H2,1-6H3. The van der Waals surface area contributed by atoms with E-state index < -0.39 is 5.60 Å². The summed E-state index contributed by atoms with van der Waals surface area (Å²) in [4.78, 5) is 24.8. The van der Waals surface area contributed by atoms with Crippen molar-refractivity contribution in [2.45, 2.75) is 58.6 Å². The number of aryl methyl sites for hydroxylation is 1. The van der Waals surface area contributed by atoms with E-state index in [9.17, 15) is 10.1 Å². The Kier molecular flexibility index (Phi) is 5.21. The number of piperidine rings is 1. The number of anilines is 1. The Morgan fingerprint density at radius 2 is 2.00 bits per heavy atom. The van der Waals surface area contributed by atoms with Crippen LogP contribution in [0.5, 0.6) is 0 Å². The first-order valence-electron chi connectivity index (χ1n) is 8.51. The first kappa shape index (κ1) is 19.0. The highest BCUT2D eigenvalue weighted by Crippen LogP contribution is 2.31. The van der Waals surface area contributed by atoms with Crippen molar-refractivity contribution in [2.75, 3.05) is 25.0 Å². The smallest absolute Gasteiger partial charge is 0.410 e. The summed E-state index contributed by atoms with van der Waals surface area (Å²) >= 11 is 0. The number of nitrogens with zero attached hydrogens (tertiary/aromatic N) is 5. The van der Waals surface area contributed by atoms with Gasteiger partial charge < -0.3 is 14.5 Å². The number of nitriles is 1. The maximum Gasteiger partial charge on any atom is 0.410 e. The molecule has 0 radical (unpaired) electrons. The van der Waals surface area contributed by atoms with E-state index >= 15 is 0 Å². The molecule has 1 fully saturated rings. The molecular formula is C18H27N5O2. The van der Waals surface area contributed by atoms with Gasteiger partial charge in [-0.25, -0.2) is 14.8 Å². The molecule has 0 bridgehead atoms. The molecule has 0 atom stereocenters. The van der Waals surface area contributed by atoms with E-state index in [2.05, 4.69) is 27.9 Å². The summed E-state index contributed by atoms with van der Waals surface area (Å²) in [5, 5.41) is 9.26. The minimum Gasteiger partial charge on any atom is -0.444 e. The van der Waals surface area contributed by atoms with Gasteiger partial charge in [0.1, 0.15) is 11.7 Å². The molecular weight excluding hydrogens is 318 g/mol. The second kappa shape index (κ2) is 6.87. The number of carbonyl (C=O) groups is 1. The maximum absolute atomic E-state index is 12.4. The van der Waals surface area contributed by atoms with Crippen LogP contribution >= 0.6 is 0 Å². The lowest BCUT2D eigenvalue weighted by Gasteiger charge is -2.45. The molecule has 7 heteroatoms. The molecule has 0 aliphatic carbocycles. The van der Waals surface area contributed by atoms with E-state index in [1.165, 1.54) is 0 Å². The second-order valence-corrected chi connectivity index (χ2v) is 7.82. The van der Waals surface area contributed by atoms with Crippen molar-refractivity contribution >= 4 is 11.9 Å². The van der Waals surface area contributed by atoms with E-state index in [-0.39, 0.29) is 11.6 Å². The lowest BCUT2D eigenvalue weighted by Crippen LogP contribution is -2.55. The minimum absolute atomic E-state index is 0.289. The van der Waals surface area contributed by atoms with Crippen LogP contribution in [0.4, 0.5) is 10.6 Å². The Morgan fingerprint density at radius 3 is 2.52 bits per heavy atom. The summed E-state index contributed by atoms with van der Waals surface area (Å²) in [6.45, 7) is 10.9. The zero-order valence-corrected chi connectivity index (χ0v) is 16.0. The minimum atomic E-state index is -0.513.